The summed E-state index contributed by atoms with van der Waals surface area (Å²) in [6, 6.07) is 3.98. The minimum absolute atomic E-state index is 0.00252. The number of aliphatic carboxylic acids is 1. The van der Waals surface area contributed by atoms with Gasteiger partial charge in [0, 0.05) is 6.42 Å². The van der Waals surface area contributed by atoms with E-state index < -0.39 is 5.97 Å². The van der Waals surface area contributed by atoms with Crippen LogP contribution < -0.4 is 4.74 Å². The van der Waals surface area contributed by atoms with Gasteiger partial charge in [0.25, 0.3) is 0 Å². The van der Waals surface area contributed by atoms with E-state index in [1.807, 2.05) is 6.07 Å². The van der Waals surface area contributed by atoms with E-state index in [2.05, 4.69) is 26.8 Å². The maximum Gasteiger partial charge on any atom is 0.303 e. The van der Waals surface area contributed by atoms with Crippen molar-refractivity contribution >= 4 is 17.6 Å². The van der Waals surface area contributed by atoms with Gasteiger partial charge in [-0.05, 0) is 35.4 Å². The van der Waals surface area contributed by atoms with Gasteiger partial charge in [0.15, 0.2) is 0 Å². The Kier molecular flexibility index (Phi) is 5.24. The number of rotatable bonds is 5. The van der Waals surface area contributed by atoms with Gasteiger partial charge < -0.3 is 9.84 Å². The normalized spacial score (nSPS) is 11.4. The van der Waals surface area contributed by atoms with Crippen molar-refractivity contribution in [2.24, 2.45) is 0 Å². The van der Waals surface area contributed by atoms with Crippen LogP contribution in [-0.2, 0) is 16.6 Å². The zero-order chi connectivity index (χ0) is 14.6. The highest BCUT2D eigenvalue weighted by molar-refractivity contribution is 6.32. The van der Waals surface area contributed by atoms with Crippen LogP contribution in [-0.4, -0.2) is 18.2 Å². The van der Waals surface area contributed by atoms with E-state index in [4.69, 9.17) is 21.4 Å². The lowest BCUT2D eigenvalue weighted by Gasteiger charge is -2.22. The molecule has 0 amide bonds. The SMILES string of the molecule is COc1c(Cl)cc(C(C)(C)C)cc1CCCC(=O)O. The average Bonchev–Trinajstić information content (AvgIpc) is 2.26. The molecule has 0 unspecified atom stereocenters. The zero-order valence-corrected chi connectivity index (χ0v) is 12.7. The molecule has 4 heteroatoms. The topological polar surface area (TPSA) is 46.5 Å². The maximum absolute atomic E-state index is 10.6. The van der Waals surface area contributed by atoms with Crippen LogP contribution in [0.15, 0.2) is 12.1 Å². The Labute approximate surface area is 119 Å². The van der Waals surface area contributed by atoms with E-state index in [1.54, 1.807) is 7.11 Å². The second kappa shape index (κ2) is 6.29. The van der Waals surface area contributed by atoms with Crippen LogP contribution in [0.1, 0.15) is 44.7 Å². The van der Waals surface area contributed by atoms with Gasteiger partial charge in [-0.3, -0.25) is 4.79 Å². The van der Waals surface area contributed by atoms with Crippen LogP contribution in [0.2, 0.25) is 5.02 Å². The van der Waals surface area contributed by atoms with E-state index in [0.717, 1.165) is 11.1 Å². The summed E-state index contributed by atoms with van der Waals surface area (Å²) < 4.78 is 5.32. The molecular formula is C15H21ClO3. The number of hydrogen-bond donors (Lipinski definition) is 1. The van der Waals surface area contributed by atoms with Crippen molar-refractivity contribution in [1.82, 2.24) is 0 Å². The molecule has 0 heterocycles. The van der Waals surface area contributed by atoms with Gasteiger partial charge in [0.1, 0.15) is 5.75 Å². The number of hydrogen-bond acceptors (Lipinski definition) is 2. The van der Waals surface area contributed by atoms with Gasteiger partial charge in [0.05, 0.1) is 12.1 Å². The van der Waals surface area contributed by atoms with E-state index in [1.165, 1.54) is 0 Å². The molecule has 1 rings (SSSR count). The third-order valence-corrected chi connectivity index (χ3v) is 3.31. The number of aryl methyl sites for hydroxylation is 1. The van der Waals surface area contributed by atoms with Crippen LogP contribution in [0.4, 0.5) is 0 Å². The molecule has 0 atom stereocenters. The van der Waals surface area contributed by atoms with Gasteiger partial charge in [-0.1, -0.05) is 38.4 Å². The van der Waals surface area contributed by atoms with Gasteiger partial charge >= 0.3 is 5.97 Å². The lowest BCUT2D eigenvalue weighted by Crippen LogP contribution is -2.12. The smallest absolute Gasteiger partial charge is 0.303 e. The summed E-state index contributed by atoms with van der Waals surface area (Å²) in [5.74, 6) is -0.128. The third-order valence-electron chi connectivity index (χ3n) is 3.03. The Morgan fingerprint density at radius 3 is 2.47 bits per heavy atom. The van der Waals surface area contributed by atoms with Gasteiger partial charge in [-0.25, -0.2) is 0 Å². The van der Waals surface area contributed by atoms with E-state index >= 15 is 0 Å². The number of halogens is 1. The Morgan fingerprint density at radius 1 is 1.37 bits per heavy atom. The highest BCUT2D eigenvalue weighted by Gasteiger charge is 2.18. The van der Waals surface area contributed by atoms with Crippen molar-refractivity contribution in [2.75, 3.05) is 7.11 Å². The molecule has 3 nitrogen and oxygen atoms in total. The number of carbonyl (C=O) groups is 1. The van der Waals surface area contributed by atoms with E-state index in [-0.39, 0.29) is 11.8 Å². The third kappa shape index (κ3) is 4.43. The predicted octanol–water partition coefficient (Wildman–Crippen LogP) is 4.05. The van der Waals surface area contributed by atoms with E-state index in [0.29, 0.717) is 23.6 Å². The first-order valence-electron chi connectivity index (χ1n) is 6.34. The summed E-state index contributed by atoms with van der Waals surface area (Å²) in [4.78, 5) is 10.6. The molecular weight excluding hydrogens is 264 g/mol. The summed E-state index contributed by atoms with van der Waals surface area (Å²) in [7, 11) is 1.58. The fourth-order valence-corrected chi connectivity index (χ4v) is 2.24. The molecule has 0 aliphatic heterocycles. The van der Waals surface area contributed by atoms with Gasteiger partial charge in [-0.2, -0.15) is 0 Å². The first-order valence-corrected chi connectivity index (χ1v) is 6.72. The fraction of sp³-hybridized carbons (Fsp3) is 0.533. The van der Waals surface area contributed by atoms with Crippen molar-refractivity contribution < 1.29 is 14.6 Å². The lowest BCUT2D eigenvalue weighted by molar-refractivity contribution is -0.137. The molecule has 0 aromatic heterocycles. The number of carboxylic acid groups (broad SMARTS) is 1. The van der Waals surface area contributed by atoms with Crippen LogP contribution in [0.25, 0.3) is 0 Å². The molecule has 1 aromatic carbocycles. The van der Waals surface area contributed by atoms with Crippen LogP contribution in [0, 0.1) is 0 Å². The molecule has 0 spiro atoms. The largest absolute Gasteiger partial charge is 0.495 e. The van der Waals surface area contributed by atoms with Gasteiger partial charge in [-0.15, -0.1) is 0 Å². The van der Waals surface area contributed by atoms with Crippen molar-refractivity contribution in [3.8, 4) is 5.75 Å². The highest BCUT2D eigenvalue weighted by Crippen LogP contribution is 2.35. The minimum Gasteiger partial charge on any atom is -0.495 e. The molecule has 0 saturated carbocycles. The average molecular weight is 285 g/mol. The molecule has 0 radical (unpaired) electrons. The van der Waals surface area contributed by atoms with Crippen molar-refractivity contribution in [1.29, 1.82) is 0 Å². The molecule has 1 N–H and O–H groups in total. The summed E-state index contributed by atoms with van der Waals surface area (Å²) >= 11 is 6.24. The van der Waals surface area contributed by atoms with Crippen LogP contribution in [0.5, 0.6) is 5.75 Å². The first-order chi connectivity index (χ1) is 8.75. The summed E-state index contributed by atoms with van der Waals surface area (Å²) in [6.45, 7) is 6.35. The predicted molar refractivity (Wildman–Crippen MR) is 77.3 cm³/mol. The van der Waals surface area contributed by atoms with E-state index in [9.17, 15) is 4.79 Å². The summed E-state index contributed by atoms with van der Waals surface area (Å²) in [6.07, 6.45) is 1.38. The first kappa shape index (κ1) is 15.8. The maximum atomic E-state index is 10.6. The highest BCUT2D eigenvalue weighted by atomic mass is 35.5. The quantitative estimate of drug-likeness (QED) is 0.887. The van der Waals surface area contributed by atoms with Crippen molar-refractivity contribution in [2.45, 2.75) is 45.4 Å². The number of benzene rings is 1. The van der Waals surface area contributed by atoms with Crippen molar-refractivity contribution in [3.05, 3.63) is 28.3 Å². The second-order valence-electron chi connectivity index (χ2n) is 5.65. The fourth-order valence-electron chi connectivity index (χ4n) is 1.93. The summed E-state index contributed by atoms with van der Waals surface area (Å²) in [5.41, 5.74) is 2.10. The lowest BCUT2D eigenvalue weighted by atomic mass is 9.85. The number of carboxylic acids is 1. The summed E-state index contributed by atoms with van der Waals surface area (Å²) in [5, 5.41) is 9.28. The number of methoxy groups -OCH3 is 1. The van der Waals surface area contributed by atoms with Crippen LogP contribution >= 0.6 is 11.6 Å². The Bertz CT molecular complexity index is 461. The molecule has 1 aromatic rings. The second-order valence-corrected chi connectivity index (χ2v) is 6.05. The molecule has 0 saturated heterocycles. The monoisotopic (exact) mass is 284 g/mol. The number of ether oxygens (including phenoxy) is 1. The molecule has 0 aliphatic rings. The molecule has 19 heavy (non-hydrogen) atoms. The molecule has 0 fully saturated rings. The standard InChI is InChI=1S/C15H21ClO3/c1-15(2,3)11-8-10(6-5-7-13(17)18)14(19-4)12(16)9-11/h8-9H,5-7H2,1-4H3,(H,17,18). The molecule has 0 bridgehead atoms. The molecule has 0 aliphatic carbocycles. The zero-order valence-electron chi connectivity index (χ0n) is 11.9. The van der Waals surface area contributed by atoms with Crippen LogP contribution in [0.3, 0.4) is 0 Å². The Balaban J connectivity index is 3.05. The Hall–Kier alpha value is -1.22. The molecule has 106 valence electrons. The van der Waals surface area contributed by atoms with Crippen molar-refractivity contribution in [3.63, 3.8) is 0 Å². The Morgan fingerprint density at radius 2 is 2.00 bits per heavy atom. The van der Waals surface area contributed by atoms with Gasteiger partial charge in [0.2, 0.25) is 0 Å². The minimum atomic E-state index is -0.781.